The molecule has 1 unspecified atom stereocenters. The molecule has 0 bridgehead atoms. The lowest BCUT2D eigenvalue weighted by molar-refractivity contribution is 0.436. The van der Waals surface area contributed by atoms with Crippen LogP contribution >= 0.6 is 0 Å². The van der Waals surface area contributed by atoms with E-state index in [1.807, 2.05) is 0 Å². The molecule has 3 N–H and O–H groups in total. The second kappa shape index (κ2) is 9.29. The Labute approximate surface area is 206 Å². The van der Waals surface area contributed by atoms with Crippen LogP contribution in [0.3, 0.4) is 0 Å². The summed E-state index contributed by atoms with van der Waals surface area (Å²) >= 11 is 0. The second-order valence-electron chi connectivity index (χ2n) is 8.44. The number of aliphatic imine (C=N–C) groups is 1. The first-order valence-electron chi connectivity index (χ1n) is 11.0. The molecule has 3 aromatic carbocycles. The number of hydrogen-bond donors (Lipinski definition) is 2. The van der Waals surface area contributed by atoms with Crippen LogP contribution in [0.1, 0.15) is 17.2 Å². The molecule has 0 radical (unpaired) electrons. The molecule has 36 heavy (non-hydrogen) atoms. The number of guanidine groups is 1. The molecule has 3 aromatic rings. The van der Waals surface area contributed by atoms with E-state index >= 15 is 0 Å². The van der Waals surface area contributed by atoms with Gasteiger partial charge in [-0.05, 0) is 76.9 Å². The van der Waals surface area contributed by atoms with Gasteiger partial charge in [0.05, 0.1) is 4.90 Å². The Morgan fingerprint density at radius 3 is 2.03 bits per heavy atom. The summed E-state index contributed by atoms with van der Waals surface area (Å²) in [7, 11) is -4.02. The van der Waals surface area contributed by atoms with Crippen LogP contribution < -0.4 is 11.1 Å². The van der Waals surface area contributed by atoms with Gasteiger partial charge in [-0.1, -0.05) is 24.3 Å². The Morgan fingerprint density at radius 1 is 0.861 bits per heavy atom. The van der Waals surface area contributed by atoms with Crippen LogP contribution in [0.4, 0.5) is 13.2 Å². The van der Waals surface area contributed by atoms with E-state index in [2.05, 4.69) is 10.3 Å². The van der Waals surface area contributed by atoms with Gasteiger partial charge in [0.25, 0.3) is 0 Å². The van der Waals surface area contributed by atoms with Crippen molar-refractivity contribution >= 4 is 22.1 Å². The van der Waals surface area contributed by atoms with Crippen LogP contribution in [-0.4, -0.2) is 31.8 Å². The molecule has 0 spiro atoms. The fraction of sp³-hybridized carbons (Fsp3) is 0.115. The van der Waals surface area contributed by atoms with Crippen LogP contribution in [0.25, 0.3) is 6.08 Å². The number of benzene rings is 3. The Balaban J connectivity index is 1.64. The molecule has 0 saturated carbocycles. The summed E-state index contributed by atoms with van der Waals surface area (Å²) in [6.45, 7) is -0.0477. The van der Waals surface area contributed by atoms with Gasteiger partial charge in [0.1, 0.15) is 23.5 Å². The number of hydrogen-bond acceptors (Lipinski definition) is 5. The molecule has 5 rings (SSSR count). The maximum atomic E-state index is 13.6. The Morgan fingerprint density at radius 2 is 1.42 bits per heavy atom. The molecule has 0 saturated heterocycles. The Kier molecular flexibility index (Phi) is 6.15. The van der Waals surface area contributed by atoms with E-state index < -0.39 is 33.5 Å². The molecule has 2 heterocycles. The molecule has 2 aliphatic heterocycles. The van der Waals surface area contributed by atoms with Crippen LogP contribution in [0.5, 0.6) is 0 Å². The van der Waals surface area contributed by atoms with Crippen molar-refractivity contribution in [1.29, 1.82) is 0 Å². The number of sulfonamides is 1. The minimum atomic E-state index is -4.02. The van der Waals surface area contributed by atoms with Crippen LogP contribution in [0.15, 0.2) is 99.5 Å². The van der Waals surface area contributed by atoms with Gasteiger partial charge in [-0.25, -0.2) is 26.6 Å². The second-order valence-corrected chi connectivity index (χ2v) is 10.4. The quantitative estimate of drug-likeness (QED) is 0.553. The number of nitrogens with one attached hydrogen (secondary N) is 1. The van der Waals surface area contributed by atoms with Gasteiger partial charge in [0.15, 0.2) is 5.96 Å². The SMILES string of the molecule is NC1=NC(c2ccc(F)cc2)C2=C(N1)/C(=C/c1ccc(F)cc1)CN(S(=O)(=O)c1ccc(F)cc1)C2. The lowest BCUT2D eigenvalue weighted by Gasteiger charge is -2.37. The number of nitrogens with zero attached hydrogens (tertiary/aromatic N) is 2. The van der Waals surface area contributed by atoms with Crippen LogP contribution in [-0.2, 0) is 10.0 Å². The number of rotatable bonds is 4. The van der Waals surface area contributed by atoms with Crippen molar-refractivity contribution in [1.82, 2.24) is 9.62 Å². The van der Waals surface area contributed by atoms with Gasteiger partial charge in [-0.3, -0.25) is 0 Å². The fourth-order valence-corrected chi connectivity index (χ4v) is 5.68. The third-order valence-electron chi connectivity index (χ3n) is 6.04. The van der Waals surface area contributed by atoms with E-state index in [9.17, 15) is 21.6 Å². The Bertz CT molecular complexity index is 1500. The monoisotopic (exact) mass is 510 g/mol. The molecule has 0 aliphatic carbocycles. The highest BCUT2D eigenvalue weighted by atomic mass is 32.2. The van der Waals surface area contributed by atoms with Crippen molar-refractivity contribution in [2.75, 3.05) is 13.1 Å². The average molecular weight is 511 g/mol. The van der Waals surface area contributed by atoms with Crippen molar-refractivity contribution in [3.05, 3.63) is 118 Å². The molecule has 0 aromatic heterocycles. The minimum Gasteiger partial charge on any atom is -0.370 e. The van der Waals surface area contributed by atoms with Gasteiger partial charge in [0, 0.05) is 18.8 Å². The summed E-state index contributed by atoms with van der Waals surface area (Å²) in [5.41, 5.74) is 9.17. The van der Waals surface area contributed by atoms with Crippen LogP contribution in [0, 0.1) is 17.5 Å². The third kappa shape index (κ3) is 4.65. The van der Waals surface area contributed by atoms with E-state index in [1.165, 1.54) is 40.7 Å². The maximum absolute atomic E-state index is 13.6. The average Bonchev–Trinajstić information content (AvgIpc) is 2.86. The molecule has 0 fully saturated rings. The molecular weight excluding hydrogens is 489 g/mol. The normalized spacial score (nSPS) is 19.6. The summed E-state index contributed by atoms with van der Waals surface area (Å²) in [5, 5.41) is 3.05. The first kappa shape index (κ1) is 23.8. The van der Waals surface area contributed by atoms with E-state index in [0.717, 1.165) is 12.1 Å². The summed E-state index contributed by atoms with van der Waals surface area (Å²) in [5.74, 6) is -1.24. The minimum absolute atomic E-state index is 0.0215. The number of halogens is 3. The highest BCUT2D eigenvalue weighted by Crippen LogP contribution is 2.38. The zero-order valence-corrected chi connectivity index (χ0v) is 19.6. The molecule has 0 amide bonds. The lowest BCUT2D eigenvalue weighted by atomic mass is 9.90. The van der Waals surface area contributed by atoms with Crippen LogP contribution in [0.2, 0.25) is 0 Å². The summed E-state index contributed by atoms with van der Waals surface area (Å²) in [4.78, 5) is 4.42. The van der Waals surface area contributed by atoms with E-state index in [4.69, 9.17) is 5.73 Å². The molecule has 6 nitrogen and oxygen atoms in total. The zero-order valence-electron chi connectivity index (χ0n) is 18.8. The standard InChI is InChI=1S/C26H21F3N4O2S/c27-19-5-1-16(2-6-19)13-18-14-33(36(34,35)22-11-9-21(29)10-12-22)15-23-24(31-26(30)32-25(18)23)17-3-7-20(28)8-4-17/h1-13,24H,14-15H2,(H3,30,31,32)/b18-13+. The number of nitrogens with two attached hydrogens (primary N) is 1. The smallest absolute Gasteiger partial charge is 0.243 e. The maximum Gasteiger partial charge on any atom is 0.243 e. The summed E-state index contributed by atoms with van der Waals surface area (Å²) < 4.78 is 68.9. The highest BCUT2D eigenvalue weighted by molar-refractivity contribution is 7.89. The first-order valence-corrected chi connectivity index (χ1v) is 12.5. The molecule has 1 atom stereocenters. The fourth-order valence-electron chi connectivity index (χ4n) is 4.29. The highest BCUT2D eigenvalue weighted by Gasteiger charge is 2.37. The predicted octanol–water partition coefficient (Wildman–Crippen LogP) is 4.11. The molecule has 10 heteroatoms. The lowest BCUT2D eigenvalue weighted by Crippen LogP contribution is -2.46. The first-order chi connectivity index (χ1) is 17.2. The molecular formula is C26H21F3N4O2S. The summed E-state index contributed by atoms with van der Waals surface area (Å²) in [6.07, 6.45) is 1.74. The molecule has 2 aliphatic rings. The van der Waals surface area contributed by atoms with Gasteiger partial charge < -0.3 is 11.1 Å². The van der Waals surface area contributed by atoms with Gasteiger partial charge >= 0.3 is 0 Å². The van der Waals surface area contributed by atoms with Gasteiger partial charge in [-0.15, -0.1) is 0 Å². The third-order valence-corrected chi connectivity index (χ3v) is 7.84. The van der Waals surface area contributed by atoms with Crippen molar-refractivity contribution in [2.24, 2.45) is 10.7 Å². The van der Waals surface area contributed by atoms with E-state index in [-0.39, 0.29) is 23.9 Å². The van der Waals surface area contributed by atoms with Crippen molar-refractivity contribution in [3.8, 4) is 0 Å². The van der Waals surface area contributed by atoms with Gasteiger partial charge in [-0.2, -0.15) is 4.31 Å². The zero-order chi connectivity index (χ0) is 25.4. The van der Waals surface area contributed by atoms with Crippen molar-refractivity contribution in [2.45, 2.75) is 10.9 Å². The van der Waals surface area contributed by atoms with Crippen molar-refractivity contribution < 1.29 is 21.6 Å². The summed E-state index contributed by atoms with van der Waals surface area (Å²) in [6, 6.07) is 15.5. The Hall–Kier alpha value is -3.89. The van der Waals surface area contributed by atoms with Crippen molar-refractivity contribution in [3.63, 3.8) is 0 Å². The van der Waals surface area contributed by atoms with E-state index in [1.54, 1.807) is 30.3 Å². The predicted molar refractivity (Wildman–Crippen MR) is 130 cm³/mol. The topological polar surface area (TPSA) is 87.8 Å². The largest absolute Gasteiger partial charge is 0.370 e. The molecule has 184 valence electrons. The van der Waals surface area contributed by atoms with Gasteiger partial charge in [0.2, 0.25) is 10.0 Å². The van der Waals surface area contributed by atoms with E-state index in [0.29, 0.717) is 28.0 Å².